The van der Waals surface area contributed by atoms with Crippen LogP contribution in [-0.2, 0) is 21.2 Å². The van der Waals surface area contributed by atoms with Crippen LogP contribution in [-0.4, -0.2) is 39.8 Å². The SMILES string of the molecule is CC(C)c1ccc(CCNC(=O)[C@H]2CN(S(C)(=O)=O)c3cc(Cl)ccc3O2)cc1. The Morgan fingerprint density at radius 1 is 1.24 bits per heavy atom. The third-order valence-corrected chi connectivity index (χ3v) is 6.22. The average Bonchev–Trinajstić information content (AvgIpc) is 2.66. The van der Waals surface area contributed by atoms with Crippen molar-refractivity contribution >= 4 is 33.2 Å². The van der Waals surface area contributed by atoms with E-state index in [4.69, 9.17) is 16.3 Å². The van der Waals surface area contributed by atoms with Crippen LogP contribution < -0.4 is 14.4 Å². The second kappa shape index (κ2) is 8.63. The van der Waals surface area contributed by atoms with Crippen LogP contribution in [0.4, 0.5) is 5.69 Å². The van der Waals surface area contributed by atoms with Crippen molar-refractivity contribution in [1.82, 2.24) is 5.32 Å². The minimum atomic E-state index is -3.58. The van der Waals surface area contributed by atoms with Crippen molar-refractivity contribution in [3.63, 3.8) is 0 Å². The molecular weight excluding hydrogens is 412 g/mol. The molecule has 0 unspecified atom stereocenters. The van der Waals surface area contributed by atoms with E-state index in [-0.39, 0.29) is 12.5 Å². The van der Waals surface area contributed by atoms with Gasteiger partial charge in [-0.1, -0.05) is 49.7 Å². The highest BCUT2D eigenvalue weighted by atomic mass is 35.5. The first-order valence-electron chi connectivity index (χ1n) is 9.45. The second-order valence-electron chi connectivity index (χ2n) is 7.45. The summed E-state index contributed by atoms with van der Waals surface area (Å²) in [4.78, 5) is 12.6. The molecule has 1 N–H and O–H groups in total. The van der Waals surface area contributed by atoms with Gasteiger partial charge in [0.05, 0.1) is 18.5 Å². The zero-order chi connectivity index (χ0) is 21.2. The molecule has 0 fully saturated rings. The summed E-state index contributed by atoms with van der Waals surface area (Å²) in [5, 5.41) is 3.24. The van der Waals surface area contributed by atoms with Gasteiger partial charge < -0.3 is 10.1 Å². The standard InChI is InChI=1S/C21H25ClN2O4S/c1-14(2)16-6-4-15(5-7-16)10-11-23-21(25)20-13-24(29(3,26)27)18-12-17(22)8-9-19(18)28-20/h4-9,12,14,20H,10-11,13H2,1-3H3,(H,23,25)/t20-/m1/s1. The quantitative estimate of drug-likeness (QED) is 0.753. The molecule has 2 aromatic rings. The lowest BCUT2D eigenvalue weighted by Gasteiger charge is -2.34. The van der Waals surface area contributed by atoms with Gasteiger partial charge in [-0.05, 0) is 41.7 Å². The molecule has 29 heavy (non-hydrogen) atoms. The van der Waals surface area contributed by atoms with E-state index in [1.54, 1.807) is 12.1 Å². The van der Waals surface area contributed by atoms with E-state index >= 15 is 0 Å². The number of benzene rings is 2. The number of rotatable bonds is 6. The summed E-state index contributed by atoms with van der Waals surface area (Å²) in [6.07, 6.45) is 0.846. The maximum Gasteiger partial charge on any atom is 0.263 e. The fourth-order valence-electron chi connectivity index (χ4n) is 3.19. The van der Waals surface area contributed by atoms with Crippen LogP contribution >= 0.6 is 11.6 Å². The van der Waals surface area contributed by atoms with Crippen LogP contribution in [0, 0.1) is 0 Å². The molecule has 0 aliphatic carbocycles. The zero-order valence-electron chi connectivity index (χ0n) is 16.7. The molecule has 2 aromatic carbocycles. The summed E-state index contributed by atoms with van der Waals surface area (Å²) in [5.74, 6) is 0.441. The van der Waals surface area contributed by atoms with Gasteiger partial charge in [-0.25, -0.2) is 8.42 Å². The molecule has 6 nitrogen and oxygen atoms in total. The molecule has 0 saturated carbocycles. The van der Waals surface area contributed by atoms with Crippen LogP contribution in [0.1, 0.15) is 30.9 Å². The third-order valence-electron chi connectivity index (χ3n) is 4.84. The van der Waals surface area contributed by atoms with Gasteiger partial charge in [0.2, 0.25) is 10.0 Å². The van der Waals surface area contributed by atoms with Crippen molar-refractivity contribution in [2.24, 2.45) is 0 Å². The number of nitrogens with one attached hydrogen (secondary N) is 1. The maximum absolute atomic E-state index is 12.6. The molecule has 1 heterocycles. The van der Waals surface area contributed by atoms with E-state index in [0.717, 1.165) is 16.1 Å². The van der Waals surface area contributed by atoms with Crippen molar-refractivity contribution in [3.05, 3.63) is 58.6 Å². The number of sulfonamides is 1. The van der Waals surface area contributed by atoms with Gasteiger partial charge in [-0.15, -0.1) is 0 Å². The van der Waals surface area contributed by atoms with Crippen molar-refractivity contribution < 1.29 is 17.9 Å². The smallest absolute Gasteiger partial charge is 0.263 e. The first-order valence-corrected chi connectivity index (χ1v) is 11.7. The summed E-state index contributed by atoms with van der Waals surface area (Å²) in [5.41, 5.74) is 2.74. The van der Waals surface area contributed by atoms with E-state index < -0.39 is 16.1 Å². The largest absolute Gasteiger partial charge is 0.476 e. The summed E-state index contributed by atoms with van der Waals surface area (Å²) < 4.78 is 31.3. The highest BCUT2D eigenvalue weighted by molar-refractivity contribution is 7.92. The third kappa shape index (κ3) is 5.22. The lowest BCUT2D eigenvalue weighted by Crippen LogP contribution is -2.50. The zero-order valence-corrected chi connectivity index (χ0v) is 18.3. The molecular formula is C21H25ClN2O4S. The van der Waals surface area contributed by atoms with E-state index in [0.29, 0.717) is 35.3 Å². The number of hydrogen-bond acceptors (Lipinski definition) is 4. The fraction of sp³-hybridized carbons (Fsp3) is 0.381. The van der Waals surface area contributed by atoms with Crippen molar-refractivity contribution in [2.75, 3.05) is 23.7 Å². The molecule has 1 aliphatic heterocycles. The van der Waals surface area contributed by atoms with E-state index in [2.05, 4.69) is 43.4 Å². The molecule has 156 valence electrons. The van der Waals surface area contributed by atoms with Gasteiger partial charge in [0.1, 0.15) is 5.75 Å². The number of hydrogen-bond donors (Lipinski definition) is 1. The number of amides is 1. The monoisotopic (exact) mass is 436 g/mol. The number of anilines is 1. The van der Waals surface area contributed by atoms with E-state index in [1.165, 1.54) is 11.6 Å². The molecule has 8 heteroatoms. The molecule has 1 aliphatic rings. The normalized spacial score (nSPS) is 16.3. The number of nitrogens with zero attached hydrogens (tertiary/aromatic N) is 1. The van der Waals surface area contributed by atoms with Gasteiger partial charge in [-0.2, -0.15) is 0 Å². The van der Waals surface area contributed by atoms with Crippen LogP contribution in [0.15, 0.2) is 42.5 Å². The number of carbonyl (C=O) groups excluding carboxylic acids is 1. The van der Waals surface area contributed by atoms with Crippen molar-refractivity contribution in [3.8, 4) is 5.75 Å². The summed E-state index contributed by atoms with van der Waals surface area (Å²) in [6, 6.07) is 13.0. The summed E-state index contributed by atoms with van der Waals surface area (Å²) in [7, 11) is -3.58. The Kier molecular flexibility index (Phi) is 6.39. The van der Waals surface area contributed by atoms with Crippen molar-refractivity contribution in [1.29, 1.82) is 0 Å². The molecule has 3 rings (SSSR count). The Bertz CT molecular complexity index is 990. The lowest BCUT2D eigenvalue weighted by molar-refractivity contribution is -0.127. The Hall–Kier alpha value is -2.25. The lowest BCUT2D eigenvalue weighted by atomic mass is 10.0. The number of ether oxygens (including phenoxy) is 1. The van der Waals surface area contributed by atoms with Crippen LogP contribution in [0.25, 0.3) is 0 Å². The molecule has 0 saturated heterocycles. The number of fused-ring (bicyclic) bond motifs is 1. The molecule has 1 atom stereocenters. The topological polar surface area (TPSA) is 75.7 Å². The Balaban J connectivity index is 1.64. The van der Waals surface area contributed by atoms with Crippen LogP contribution in [0.2, 0.25) is 5.02 Å². The predicted octanol–water partition coefficient (Wildman–Crippen LogP) is 3.35. The first kappa shape index (κ1) is 21.5. The summed E-state index contributed by atoms with van der Waals surface area (Å²) in [6.45, 7) is 4.63. The van der Waals surface area contributed by atoms with Gasteiger partial charge in [-0.3, -0.25) is 9.10 Å². The highest BCUT2D eigenvalue weighted by Gasteiger charge is 2.35. The van der Waals surface area contributed by atoms with Gasteiger partial charge in [0.25, 0.3) is 5.91 Å². The Morgan fingerprint density at radius 3 is 2.55 bits per heavy atom. The Morgan fingerprint density at radius 2 is 1.93 bits per heavy atom. The molecule has 1 amide bonds. The Labute approximate surface area is 176 Å². The molecule has 0 aromatic heterocycles. The molecule has 0 radical (unpaired) electrons. The highest BCUT2D eigenvalue weighted by Crippen LogP contribution is 2.37. The minimum Gasteiger partial charge on any atom is -0.476 e. The van der Waals surface area contributed by atoms with Crippen LogP contribution in [0.5, 0.6) is 5.75 Å². The molecule has 0 spiro atoms. The van der Waals surface area contributed by atoms with E-state index in [1.807, 2.05) is 0 Å². The van der Waals surface area contributed by atoms with Gasteiger partial charge in [0.15, 0.2) is 6.10 Å². The second-order valence-corrected chi connectivity index (χ2v) is 9.79. The van der Waals surface area contributed by atoms with Gasteiger partial charge in [0, 0.05) is 11.6 Å². The summed E-state index contributed by atoms with van der Waals surface area (Å²) >= 11 is 5.99. The predicted molar refractivity (Wildman–Crippen MR) is 115 cm³/mol. The number of carbonyl (C=O) groups is 1. The number of halogens is 1. The molecule has 0 bridgehead atoms. The van der Waals surface area contributed by atoms with E-state index in [9.17, 15) is 13.2 Å². The maximum atomic E-state index is 12.6. The average molecular weight is 437 g/mol. The fourth-order valence-corrected chi connectivity index (χ4v) is 4.26. The first-order chi connectivity index (χ1) is 13.6. The van der Waals surface area contributed by atoms with Gasteiger partial charge >= 0.3 is 0 Å². The minimum absolute atomic E-state index is 0.0961. The van der Waals surface area contributed by atoms with Crippen molar-refractivity contribution in [2.45, 2.75) is 32.3 Å². The van der Waals surface area contributed by atoms with Crippen LogP contribution in [0.3, 0.4) is 0 Å².